The van der Waals surface area contributed by atoms with Gasteiger partial charge >= 0.3 is 6.18 Å². The van der Waals surface area contributed by atoms with Crippen molar-refractivity contribution in [3.8, 4) is 16.9 Å². The molecule has 3 rings (SSSR count). The van der Waals surface area contributed by atoms with E-state index in [2.05, 4.69) is 10.1 Å². The van der Waals surface area contributed by atoms with E-state index in [0.717, 1.165) is 22.5 Å². The van der Waals surface area contributed by atoms with E-state index >= 15 is 0 Å². The second kappa shape index (κ2) is 5.25. The fourth-order valence-corrected chi connectivity index (χ4v) is 1.98. The van der Waals surface area contributed by atoms with Gasteiger partial charge in [-0.15, -0.1) is 0 Å². The molecule has 0 saturated heterocycles. The number of halogens is 4. The van der Waals surface area contributed by atoms with E-state index < -0.39 is 17.7 Å². The number of rotatable bonds is 2. The summed E-state index contributed by atoms with van der Waals surface area (Å²) in [6, 6.07) is 11.0. The van der Waals surface area contributed by atoms with Crippen LogP contribution in [0.4, 0.5) is 17.6 Å². The number of nitrogens with zero attached hydrogens (tertiary/aromatic N) is 3. The van der Waals surface area contributed by atoms with Crippen LogP contribution in [-0.2, 0) is 6.18 Å². The van der Waals surface area contributed by atoms with Crippen molar-refractivity contribution in [1.82, 2.24) is 14.8 Å². The van der Waals surface area contributed by atoms with Gasteiger partial charge in [0.05, 0.1) is 0 Å². The Morgan fingerprint density at radius 2 is 1.68 bits per heavy atom. The first kappa shape index (κ1) is 14.2. The highest BCUT2D eigenvalue weighted by Crippen LogP contribution is 2.28. The molecular weight excluding hydrogens is 298 g/mol. The van der Waals surface area contributed by atoms with E-state index in [4.69, 9.17) is 0 Å². The van der Waals surface area contributed by atoms with Crippen LogP contribution in [0.25, 0.3) is 16.9 Å². The maximum atomic E-state index is 14.1. The van der Waals surface area contributed by atoms with Crippen LogP contribution in [0.3, 0.4) is 0 Å². The smallest absolute Gasteiger partial charge is 0.234 e. The third kappa shape index (κ3) is 2.69. The Balaban J connectivity index is 1.98. The molecule has 0 saturated carbocycles. The first-order valence-corrected chi connectivity index (χ1v) is 6.29. The van der Waals surface area contributed by atoms with Crippen molar-refractivity contribution in [2.24, 2.45) is 0 Å². The van der Waals surface area contributed by atoms with Gasteiger partial charge in [0.2, 0.25) is 0 Å². The van der Waals surface area contributed by atoms with E-state index in [1.54, 1.807) is 24.3 Å². The van der Waals surface area contributed by atoms with Gasteiger partial charge < -0.3 is 0 Å². The van der Waals surface area contributed by atoms with Crippen LogP contribution in [0.2, 0.25) is 0 Å². The third-order valence-corrected chi connectivity index (χ3v) is 3.03. The predicted octanol–water partition coefficient (Wildman–Crippen LogP) is 4.09. The average molecular weight is 307 g/mol. The predicted molar refractivity (Wildman–Crippen MR) is 71.8 cm³/mol. The summed E-state index contributed by atoms with van der Waals surface area (Å²) in [5, 5.41) is 3.30. The molecule has 2 heterocycles. The lowest BCUT2D eigenvalue weighted by Crippen LogP contribution is -2.08. The highest BCUT2D eigenvalue weighted by molar-refractivity contribution is 5.62. The molecule has 0 unspecified atom stereocenters. The Morgan fingerprint density at radius 1 is 0.955 bits per heavy atom. The minimum absolute atomic E-state index is 0.282. The van der Waals surface area contributed by atoms with Gasteiger partial charge in [0.1, 0.15) is 0 Å². The van der Waals surface area contributed by atoms with Gasteiger partial charge in [0.25, 0.3) is 0 Å². The van der Waals surface area contributed by atoms with Crippen LogP contribution < -0.4 is 0 Å². The quantitative estimate of drug-likeness (QED) is 0.668. The highest BCUT2D eigenvalue weighted by Gasteiger charge is 2.33. The lowest BCUT2D eigenvalue weighted by Gasteiger charge is -2.06. The standard InChI is InChI=1S/C15H9F4N3/c16-12-8-11(10-4-2-1-3-5-10)9-20-14(12)22-7-6-13(21-22)15(17,18)19/h1-9H. The normalized spacial score (nSPS) is 11.6. The Morgan fingerprint density at radius 3 is 2.27 bits per heavy atom. The van der Waals surface area contributed by atoms with E-state index in [1.165, 1.54) is 12.3 Å². The number of alkyl halides is 3. The fourth-order valence-electron chi connectivity index (χ4n) is 1.98. The minimum atomic E-state index is -4.58. The molecule has 0 N–H and O–H groups in total. The lowest BCUT2D eigenvalue weighted by molar-refractivity contribution is -0.141. The Labute approximate surface area is 122 Å². The van der Waals surface area contributed by atoms with Crippen molar-refractivity contribution in [1.29, 1.82) is 0 Å². The summed E-state index contributed by atoms with van der Waals surface area (Å²) in [5.41, 5.74) is 0.197. The zero-order valence-electron chi connectivity index (χ0n) is 11.0. The molecule has 3 aromatic rings. The Bertz CT molecular complexity index is 794. The van der Waals surface area contributed by atoms with Crippen molar-refractivity contribution in [3.05, 3.63) is 66.4 Å². The van der Waals surface area contributed by atoms with Crippen molar-refractivity contribution in [2.45, 2.75) is 6.18 Å². The fraction of sp³-hybridized carbons (Fsp3) is 0.0667. The molecule has 0 fully saturated rings. The largest absolute Gasteiger partial charge is 0.435 e. The summed E-state index contributed by atoms with van der Waals surface area (Å²) < 4.78 is 52.4. The summed E-state index contributed by atoms with van der Waals surface area (Å²) in [6.45, 7) is 0. The van der Waals surface area contributed by atoms with Crippen molar-refractivity contribution >= 4 is 0 Å². The minimum Gasteiger partial charge on any atom is -0.234 e. The van der Waals surface area contributed by atoms with Gasteiger partial charge in [-0.3, -0.25) is 0 Å². The third-order valence-electron chi connectivity index (χ3n) is 3.03. The van der Waals surface area contributed by atoms with Crippen molar-refractivity contribution in [2.75, 3.05) is 0 Å². The van der Waals surface area contributed by atoms with E-state index in [9.17, 15) is 17.6 Å². The molecule has 3 nitrogen and oxygen atoms in total. The number of hydrogen-bond acceptors (Lipinski definition) is 2. The van der Waals surface area contributed by atoms with Crippen molar-refractivity contribution in [3.63, 3.8) is 0 Å². The zero-order valence-corrected chi connectivity index (χ0v) is 11.0. The molecule has 0 atom stereocenters. The van der Waals surface area contributed by atoms with Crippen LogP contribution in [0.15, 0.2) is 54.9 Å². The molecule has 0 radical (unpaired) electrons. The maximum Gasteiger partial charge on any atom is 0.435 e. The van der Waals surface area contributed by atoms with Gasteiger partial charge in [-0.1, -0.05) is 30.3 Å². The Hall–Kier alpha value is -2.70. The summed E-state index contributed by atoms with van der Waals surface area (Å²) in [4.78, 5) is 3.88. The maximum absolute atomic E-state index is 14.1. The summed E-state index contributed by atoms with van der Waals surface area (Å²) in [6.07, 6.45) is -2.16. The molecule has 0 aliphatic rings. The Kier molecular flexibility index (Phi) is 3.40. The highest BCUT2D eigenvalue weighted by atomic mass is 19.4. The second-order valence-electron chi connectivity index (χ2n) is 4.54. The molecule has 0 spiro atoms. The first-order valence-electron chi connectivity index (χ1n) is 6.29. The van der Waals surface area contributed by atoms with Gasteiger partial charge in [0.15, 0.2) is 17.3 Å². The molecule has 0 aliphatic carbocycles. The van der Waals surface area contributed by atoms with Crippen LogP contribution in [0.1, 0.15) is 5.69 Å². The molecule has 0 amide bonds. The number of pyridine rings is 1. The summed E-state index contributed by atoms with van der Waals surface area (Å²) >= 11 is 0. The molecule has 22 heavy (non-hydrogen) atoms. The number of benzene rings is 1. The second-order valence-corrected chi connectivity index (χ2v) is 4.54. The van der Waals surface area contributed by atoms with Gasteiger partial charge in [-0.25, -0.2) is 14.1 Å². The van der Waals surface area contributed by atoms with Gasteiger partial charge in [0, 0.05) is 18.0 Å². The van der Waals surface area contributed by atoms with Crippen LogP contribution >= 0.6 is 0 Å². The topological polar surface area (TPSA) is 30.7 Å². The SMILES string of the molecule is Fc1cc(-c2ccccc2)cnc1-n1ccc(C(F)(F)F)n1. The van der Waals surface area contributed by atoms with Crippen LogP contribution in [0.5, 0.6) is 0 Å². The van der Waals surface area contributed by atoms with Crippen molar-refractivity contribution < 1.29 is 17.6 Å². The molecule has 0 aliphatic heterocycles. The van der Waals surface area contributed by atoms with E-state index in [-0.39, 0.29) is 5.82 Å². The molecule has 2 aromatic heterocycles. The van der Waals surface area contributed by atoms with Crippen LogP contribution in [-0.4, -0.2) is 14.8 Å². The zero-order chi connectivity index (χ0) is 15.7. The monoisotopic (exact) mass is 307 g/mol. The van der Waals surface area contributed by atoms with E-state index in [1.807, 2.05) is 6.07 Å². The molecular formula is C15H9F4N3. The van der Waals surface area contributed by atoms with Gasteiger partial charge in [-0.05, 0) is 17.7 Å². The number of hydrogen-bond donors (Lipinski definition) is 0. The first-order chi connectivity index (χ1) is 10.4. The summed E-state index contributed by atoms with van der Waals surface area (Å²) in [7, 11) is 0. The molecule has 1 aromatic carbocycles. The average Bonchev–Trinajstić information content (AvgIpc) is 2.98. The van der Waals surface area contributed by atoms with Gasteiger partial charge in [-0.2, -0.15) is 18.3 Å². The molecule has 0 bridgehead atoms. The van der Waals surface area contributed by atoms with Crippen LogP contribution in [0, 0.1) is 5.82 Å². The molecule has 7 heteroatoms. The lowest BCUT2D eigenvalue weighted by atomic mass is 10.1. The summed E-state index contributed by atoms with van der Waals surface area (Å²) in [5.74, 6) is -1.03. The molecule has 112 valence electrons. The number of aromatic nitrogens is 3. The van der Waals surface area contributed by atoms with E-state index in [0.29, 0.717) is 5.56 Å².